The predicted molar refractivity (Wildman–Crippen MR) is 145 cm³/mol. The highest BCUT2D eigenvalue weighted by molar-refractivity contribution is 6.30. The zero-order valence-corrected chi connectivity index (χ0v) is 22.9. The number of hydrogen-bond acceptors (Lipinski definition) is 6. The van der Waals surface area contributed by atoms with E-state index in [4.69, 9.17) is 16.3 Å². The average Bonchev–Trinajstić information content (AvgIpc) is 3.42. The number of ether oxygens (including phenoxy) is 1. The predicted octanol–water partition coefficient (Wildman–Crippen LogP) is 5.25. The van der Waals surface area contributed by atoms with Gasteiger partial charge in [0.05, 0.1) is 27.9 Å². The Morgan fingerprint density at radius 1 is 1.18 bits per heavy atom. The number of carbonyl (C=O) groups is 3. The van der Waals surface area contributed by atoms with E-state index >= 15 is 0 Å². The fraction of sp³-hybridized carbons (Fsp3) is 0.345. The summed E-state index contributed by atoms with van der Waals surface area (Å²) in [6.07, 6.45) is 5.51. The lowest BCUT2D eigenvalue weighted by Gasteiger charge is -2.19. The fourth-order valence-corrected chi connectivity index (χ4v) is 4.61. The maximum Gasteiger partial charge on any atom is 0.316 e. The second-order valence-electron chi connectivity index (χ2n) is 10.5. The number of nitrogens with one attached hydrogen (secondary N) is 1. The first-order chi connectivity index (χ1) is 18.0. The summed E-state index contributed by atoms with van der Waals surface area (Å²) in [5.74, 6) is -0.864. The summed E-state index contributed by atoms with van der Waals surface area (Å²) >= 11 is 6.05. The topological polar surface area (TPSA) is 103 Å². The second-order valence-corrected chi connectivity index (χ2v) is 11.0. The monoisotopic (exact) mass is 534 g/mol. The number of aromatic nitrogens is 3. The number of amides is 1. The van der Waals surface area contributed by atoms with Crippen molar-refractivity contribution < 1.29 is 19.1 Å². The van der Waals surface area contributed by atoms with Crippen LogP contribution < -0.4 is 5.32 Å². The van der Waals surface area contributed by atoms with Crippen molar-refractivity contribution in [2.24, 2.45) is 11.3 Å². The third-order valence-electron chi connectivity index (χ3n) is 6.42. The molecule has 0 aliphatic heterocycles. The number of esters is 1. The molecule has 2 aromatic heterocycles. The molecule has 0 spiro atoms. The van der Waals surface area contributed by atoms with Gasteiger partial charge in [-0.1, -0.05) is 17.7 Å². The number of ketones is 1. The number of carbonyl (C=O) groups excluding carboxylic acids is 3. The van der Waals surface area contributed by atoms with Gasteiger partial charge in [-0.15, -0.1) is 0 Å². The second kappa shape index (κ2) is 10.9. The minimum atomic E-state index is -0.733. The molecule has 1 aliphatic rings. The van der Waals surface area contributed by atoms with E-state index in [2.05, 4.69) is 15.4 Å². The molecule has 8 nitrogen and oxygen atoms in total. The van der Waals surface area contributed by atoms with Crippen molar-refractivity contribution in [2.45, 2.75) is 47.5 Å². The number of aryl methyl sites for hydroxylation is 2. The summed E-state index contributed by atoms with van der Waals surface area (Å²) in [6, 6.07) is 8.96. The zero-order valence-electron chi connectivity index (χ0n) is 22.2. The number of pyridine rings is 1. The van der Waals surface area contributed by atoms with Gasteiger partial charge >= 0.3 is 5.97 Å². The lowest BCUT2D eigenvalue weighted by atomic mass is 9.91. The van der Waals surface area contributed by atoms with E-state index in [0.29, 0.717) is 28.5 Å². The van der Waals surface area contributed by atoms with Gasteiger partial charge < -0.3 is 10.1 Å². The average molecular weight is 535 g/mol. The Bertz CT molecular complexity index is 1400. The standard InChI is InChI=1S/C29H31ClN4O4/c1-17-12-21(34-16-20(30)15-33-34)13-18(2)24(17)25-23(38-28(37)29(3,4)5)14-19(26(25)35)9-11-32-27(36)22-8-6-7-10-31-22/h6-8,10,12-13,15-16,19H,9,11,14H2,1-5H3,(H,32,36). The minimum Gasteiger partial charge on any atom is -0.430 e. The van der Waals surface area contributed by atoms with Crippen molar-refractivity contribution in [1.29, 1.82) is 0 Å². The molecule has 1 aromatic carbocycles. The molecule has 9 heteroatoms. The van der Waals surface area contributed by atoms with Crippen LogP contribution in [0, 0.1) is 25.2 Å². The molecule has 0 saturated carbocycles. The van der Waals surface area contributed by atoms with Crippen LogP contribution >= 0.6 is 11.6 Å². The van der Waals surface area contributed by atoms with Crippen LogP contribution in [0.4, 0.5) is 0 Å². The minimum absolute atomic E-state index is 0.102. The Morgan fingerprint density at radius 2 is 1.89 bits per heavy atom. The molecule has 1 aliphatic carbocycles. The van der Waals surface area contributed by atoms with E-state index in [0.717, 1.165) is 22.4 Å². The smallest absolute Gasteiger partial charge is 0.316 e. The maximum atomic E-state index is 13.7. The van der Waals surface area contributed by atoms with E-state index in [1.54, 1.807) is 62.2 Å². The Balaban J connectivity index is 1.61. The van der Waals surface area contributed by atoms with Gasteiger partial charge in [0, 0.05) is 31.3 Å². The zero-order chi connectivity index (χ0) is 27.6. The molecular formula is C29H31ClN4O4. The Morgan fingerprint density at radius 3 is 2.47 bits per heavy atom. The molecule has 4 rings (SSSR count). The Kier molecular flexibility index (Phi) is 7.83. The highest BCUT2D eigenvalue weighted by Crippen LogP contribution is 2.41. The first kappa shape index (κ1) is 27.3. The number of Topliss-reactive ketones (excluding diaryl/α,β-unsaturated/α-hetero) is 1. The van der Waals surface area contributed by atoms with Crippen LogP contribution in [0.25, 0.3) is 11.3 Å². The van der Waals surface area contributed by atoms with Crippen molar-refractivity contribution >= 4 is 34.8 Å². The van der Waals surface area contributed by atoms with E-state index in [-0.39, 0.29) is 24.7 Å². The van der Waals surface area contributed by atoms with E-state index < -0.39 is 17.3 Å². The van der Waals surface area contributed by atoms with Crippen molar-refractivity contribution in [3.63, 3.8) is 0 Å². The Labute approximate surface area is 227 Å². The molecule has 1 amide bonds. The normalized spacial score (nSPS) is 15.6. The molecule has 1 atom stereocenters. The van der Waals surface area contributed by atoms with Gasteiger partial charge in [-0.2, -0.15) is 5.10 Å². The number of rotatable bonds is 7. The molecule has 0 saturated heterocycles. The summed E-state index contributed by atoms with van der Waals surface area (Å²) in [6.45, 7) is 9.45. The number of hydrogen-bond donors (Lipinski definition) is 1. The first-order valence-electron chi connectivity index (χ1n) is 12.5. The lowest BCUT2D eigenvalue weighted by molar-refractivity contribution is -0.148. The summed E-state index contributed by atoms with van der Waals surface area (Å²) < 4.78 is 7.53. The van der Waals surface area contributed by atoms with Crippen LogP contribution in [0.1, 0.15) is 60.8 Å². The van der Waals surface area contributed by atoms with Gasteiger partial charge in [0.25, 0.3) is 5.91 Å². The molecule has 1 unspecified atom stereocenters. The molecule has 3 aromatic rings. The van der Waals surface area contributed by atoms with E-state index in [9.17, 15) is 14.4 Å². The van der Waals surface area contributed by atoms with Crippen LogP contribution in [-0.4, -0.2) is 39.0 Å². The maximum absolute atomic E-state index is 13.7. The quantitative estimate of drug-likeness (QED) is 0.415. The molecule has 2 heterocycles. The van der Waals surface area contributed by atoms with Gasteiger partial charge in [0.1, 0.15) is 11.5 Å². The van der Waals surface area contributed by atoms with Gasteiger partial charge in [-0.3, -0.25) is 19.4 Å². The number of allylic oxidation sites excluding steroid dienone is 2. The van der Waals surface area contributed by atoms with Gasteiger partial charge in [-0.25, -0.2) is 4.68 Å². The fourth-order valence-electron chi connectivity index (χ4n) is 4.47. The van der Waals surface area contributed by atoms with Crippen molar-refractivity contribution in [1.82, 2.24) is 20.1 Å². The first-order valence-corrected chi connectivity index (χ1v) is 12.8. The number of benzene rings is 1. The van der Waals surface area contributed by atoms with Crippen molar-refractivity contribution in [2.75, 3.05) is 6.54 Å². The summed E-state index contributed by atoms with van der Waals surface area (Å²) in [4.78, 5) is 43.0. The van der Waals surface area contributed by atoms with E-state index in [1.165, 1.54) is 0 Å². The third kappa shape index (κ3) is 5.86. The molecule has 0 radical (unpaired) electrons. The summed E-state index contributed by atoms with van der Waals surface area (Å²) in [7, 11) is 0. The molecule has 1 N–H and O–H groups in total. The van der Waals surface area contributed by atoms with Crippen LogP contribution in [0.5, 0.6) is 0 Å². The molecular weight excluding hydrogens is 504 g/mol. The molecule has 38 heavy (non-hydrogen) atoms. The lowest BCUT2D eigenvalue weighted by Crippen LogP contribution is -2.27. The third-order valence-corrected chi connectivity index (χ3v) is 6.61. The van der Waals surface area contributed by atoms with Crippen LogP contribution in [-0.2, 0) is 14.3 Å². The van der Waals surface area contributed by atoms with Crippen LogP contribution in [0.2, 0.25) is 5.02 Å². The van der Waals surface area contributed by atoms with Crippen molar-refractivity contribution in [3.8, 4) is 5.69 Å². The van der Waals surface area contributed by atoms with Crippen LogP contribution in [0.15, 0.2) is 54.7 Å². The van der Waals surface area contributed by atoms with E-state index in [1.807, 2.05) is 26.0 Å². The molecule has 0 fully saturated rings. The number of halogens is 1. The van der Waals surface area contributed by atoms with Crippen LogP contribution in [0.3, 0.4) is 0 Å². The largest absolute Gasteiger partial charge is 0.430 e. The van der Waals surface area contributed by atoms with Gasteiger partial charge in [0.2, 0.25) is 0 Å². The highest BCUT2D eigenvalue weighted by atomic mass is 35.5. The highest BCUT2D eigenvalue weighted by Gasteiger charge is 2.38. The van der Waals surface area contributed by atoms with Gasteiger partial charge in [-0.05, 0) is 82.0 Å². The molecule has 0 bridgehead atoms. The summed E-state index contributed by atoms with van der Waals surface area (Å²) in [5.41, 5.74) is 3.25. The number of nitrogens with zero attached hydrogens (tertiary/aromatic N) is 3. The van der Waals surface area contributed by atoms with Crippen molar-refractivity contribution in [3.05, 3.63) is 82.1 Å². The molecule has 198 valence electrons. The van der Waals surface area contributed by atoms with Gasteiger partial charge in [0.15, 0.2) is 5.78 Å². The SMILES string of the molecule is Cc1cc(-n2cc(Cl)cn2)cc(C)c1C1=C(OC(=O)C(C)(C)C)CC(CCNC(=O)c2ccccn2)C1=O. The summed E-state index contributed by atoms with van der Waals surface area (Å²) in [5, 5.41) is 7.62. The Hall–Kier alpha value is -3.78.